The first-order valence-electron chi connectivity index (χ1n) is 13.6. The third-order valence-electron chi connectivity index (χ3n) is 6.15. The molecule has 6 aromatic rings. The first-order chi connectivity index (χ1) is 20.4. The minimum atomic E-state index is -1.08. The Morgan fingerprint density at radius 2 is 1.24 bits per heavy atom. The summed E-state index contributed by atoms with van der Waals surface area (Å²) in [6.07, 6.45) is 0.249. The Kier molecular flexibility index (Phi) is 9.27. The highest BCUT2D eigenvalue weighted by molar-refractivity contribution is 7.12. The summed E-state index contributed by atoms with van der Waals surface area (Å²) in [7, 11) is 0. The number of pyridine rings is 1. The van der Waals surface area contributed by atoms with Crippen LogP contribution in [0.15, 0.2) is 66.7 Å². The van der Waals surface area contributed by atoms with E-state index in [0.717, 1.165) is 39.2 Å². The van der Waals surface area contributed by atoms with Crippen LogP contribution in [0, 0.1) is 37.5 Å². The molecule has 0 radical (unpaired) electrons. The highest BCUT2D eigenvalue weighted by Crippen LogP contribution is 2.15. The van der Waals surface area contributed by atoms with Crippen molar-refractivity contribution in [2.75, 3.05) is 0 Å². The fourth-order valence-electron chi connectivity index (χ4n) is 3.88. The minimum Gasteiger partial charge on any atom is -0.241 e. The third kappa shape index (κ3) is 7.62. The molecule has 42 heavy (non-hydrogen) atoms. The van der Waals surface area contributed by atoms with Crippen LogP contribution in [0.5, 0.6) is 0 Å². The standard InChI is InChI=1S/C17H15FN4.C15H14N4S/c1-13(18)15-11-6-8-14(19-15)7-4-5-12-22-20-16-9-2-3-10-17(16)21-22;1-11-12(2)20-15(16-11)9-5-6-10-19-17-13-7-3-4-8-14(13)18-19/h2-3,6,8-11,13H,5,12H2,1H3;3-4,7-8H,6,10H2,1-2H3. The van der Waals surface area contributed by atoms with Gasteiger partial charge in [-0.15, -0.1) is 11.3 Å². The van der Waals surface area contributed by atoms with Crippen molar-refractivity contribution in [2.45, 2.75) is 52.9 Å². The van der Waals surface area contributed by atoms with Crippen LogP contribution >= 0.6 is 11.3 Å². The Morgan fingerprint density at radius 3 is 1.71 bits per heavy atom. The lowest BCUT2D eigenvalue weighted by molar-refractivity contribution is 0.365. The zero-order valence-electron chi connectivity index (χ0n) is 23.6. The monoisotopic (exact) mass is 576 g/mol. The predicted octanol–water partition coefficient (Wildman–Crippen LogP) is 6.25. The smallest absolute Gasteiger partial charge is 0.167 e. The van der Waals surface area contributed by atoms with Gasteiger partial charge in [-0.25, -0.2) is 14.4 Å². The number of halogens is 1. The average molecular weight is 577 g/mol. The second-order valence-corrected chi connectivity index (χ2v) is 10.6. The summed E-state index contributed by atoms with van der Waals surface area (Å²) in [5, 5.41) is 18.4. The summed E-state index contributed by atoms with van der Waals surface area (Å²) in [6.45, 7) is 6.85. The topological polar surface area (TPSA) is 87.2 Å². The zero-order chi connectivity index (χ0) is 29.3. The van der Waals surface area contributed by atoms with Crippen molar-refractivity contribution in [3.63, 3.8) is 0 Å². The molecule has 4 heterocycles. The first-order valence-corrected chi connectivity index (χ1v) is 14.4. The quantitative estimate of drug-likeness (QED) is 0.226. The maximum Gasteiger partial charge on any atom is 0.167 e. The molecule has 4 aromatic heterocycles. The van der Waals surface area contributed by atoms with E-state index in [0.29, 0.717) is 30.9 Å². The molecule has 1 atom stereocenters. The van der Waals surface area contributed by atoms with Crippen molar-refractivity contribution >= 4 is 33.4 Å². The Hall–Kier alpha value is -4.93. The lowest BCUT2D eigenvalue weighted by Gasteiger charge is -2.00. The molecular formula is C32H29FN8S. The number of nitrogens with zero attached hydrogens (tertiary/aromatic N) is 8. The molecule has 0 spiro atoms. The van der Waals surface area contributed by atoms with Gasteiger partial charge < -0.3 is 0 Å². The molecule has 0 aliphatic carbocycles. The Labute approximate surface area is 247 Å². The van der Waals surface area contributed by atoms with Gasteiger partial charge in [-0.05, 0) is 69.0 Å². The Bertz CT molecular complexity index is 1840. The molecule has 0 N–H and O–H groups in total. The summed E-state index contributed by atoms with van der Waals surface area (Å²) in [6, 6.07) is 20.8. The van der Waals surface area contributed by atoms with E-state index in [1.165, 1.54) is 11.8 Å². The van der Waals surface area contributed by atoms with E-state index in [4.69, 9.17) is 0 Å². The summed E-state index contributed by atoms with van der Waals surface area (Å²) < 4.78 is 13.2. The Balaban J connectivity index is 0.000000169. The molecule has 0 saturated heterocycles. The van der Waals surface area contributed by atoms with Gasteiger partial charge in [0, 0.05) is 17.7 Å². The van der Waals surface area contributed by atoms with Crippen LogP contribution in [0.25, 0.3) is 22.1 Å². The van der Waals surface area contributed by atoms with Crippen molar-refractivity contribution in [3.8, 4) is 23.7 Å². The van der Waals surface area contributed by atoms with Crippen LogP contribution < -0.4 is 0 Å². The van der Waals surface area contributed by atoms with E-state index in [1.54, 1.807) is 39.1 Å². The minimum absolute atomic E-state index is 0.409. The summed E-state index contributed by atoms with van der Waals surface area (Å²) in [5.74, 6) is 12.2. The predicted molar refractivity (Wildman–Crippen MR) is 163 cm³/mol. The van der Waals surface area contributed by atoms with E-state index in [2.05, 4.69) is 61.0 Å². The number of rotatable bonds is 5. The van der Waals surface area contributed by atoms with Crippen molar-refractivity contribution < 1.29 is 4.39 Å². The van der Waals surface area contributed by atoms with Gasteiger partial charge in [-0.2, -0.15) is 30.0 Å². The van der Waals surface area contributed by atoms with E-state index < -0.39 is 6.17 Å². The van der Waals surface area contributed by atoms with Crippen LogP contribution in [0.1, 0.15) is 52.9 Å². The molecule has 0 aliphatic rings. The lowest BCUT2D eigenvalue weighted by Crippen LogP contribution is -2.01. The van der Waals surface area contributed by atoms with Gasteiger partial charge in [0.1, 0.15) is 33.9 Å². The maximum absolute atomic E-state index is 13.2. The van der Waals surface area contributed by atoms with Crippen LogP contribution in [0.3, 0.4) is 0 Å². The average Bonchev–Trinajstić information content (AvgIpc) is 3.69. The molecule has 0 aliphatic heterocycles. The zero-order valence-corrected chi connectivity index (χ0v) is 24.4. The van der Waals surface area contributed by atoms with Gasteiger partial charge in [-0.1, -0.05) is 42.2 Å². The maximum atomic E-state index is 13.2. The van der Waals surface area contributed by atoms with E-state index in [1.807, 2.05) is 55.5 Å². The fraction of sp³-hybridized carbons (Fsp3) is 0.250. The number of thiazole rings is 1. The molecule has 0 saturated carbocycles. The molecule has 0 bridgehead atoms. The largest absolute Gasteiger partial charge is 0.241 e. The van der Waals surface area contributed by atoms with Crippen molar-refractivity contribution in [2.24, 2.45) is 0 Å². The fourth-order valence-corrected chi connectivity index (χ4v) is 4.67. The van der Waals surface area contributed by atoms with Gasteiger partial charge >= 0.3 is 0 Å². The molecular weight excluding hydrogens is 547 g/mol. The Morgan fingerprint density at radius 1 is 0.714 bits per heavy atom. The molecule has 0 fully saturated rings. The highest BCUT2D eigenvalue weighted by atomic mass is 32.1. The molecule has 8 nitrogen and oxygen atoms in total. The molecule has 0 amide bonds. The van der Waals surface area contributed by atoms with Crippen LogP contribution in [-0.2, 0) is 13.1 Å². The summed E-state index contributed by atoms with van der Waals surface area (Å²) in [5.41, 5.74) is 5.66. The van der Waals surface area contributed by atoms with Gasteiger partial charge in [-0.3, -0.25) is 0 Å². The number of alkyl halides is 1. The van der Waals surface area contributed by atoms with Gasteiger partial charge in [0.05, 0.1) is 24.5 Å². The van der Waals surface area contributed by atoms with Gasteiger partial charge in [0.2, 0.25) is 0 Å². The molecule has 210 valence electrons. The summed E-state index contributed by atoms with van der Waals surface area (Å²) in [4.78, 5) is 13.1. The third-order valence-corrected chi connectivity index (χ3v) is 7.14. The number of hydrogen-bond acceptors (Lipinski definition) is 7. The molecule has 1 unspecified atom stereocenters. The molecule has 10 heteroatoms. The first kappa shape index (κ1) is 28.6. The van der Waals surface area contributed by atoms with Gasteiger partial charge in [0.15, 0.2) is 5.01 Å². The number of aromatic nitrogens is 8. The normalized spacial score (nSPS) is 11.2. The van der Waals surface area contributed by atoms with Crippen molar-refractivity contribution in [1.82, 2.24) is 40.0 Å². The van der Waals surface area contributed by atoms with Gasteiger partial charge in [0.25, 0.3) is 0 Å². The lowest BCUT2D eigenvalue weighted by atomic mass is 10.2. The van der Waals surface area contributed by atoms with Crippen LogP contribution in [0.4, 0.5) is 4.39 Å². The number of benzene rings is 2. The molecule has 2 aromatic carbocycles. The second kappa shape index (κ2) is 13.6. The van der Waals surface area contributed by atoms with Crippen LogP contribution in [-0.4, -0.2) is 40.0 Å². The highest BCUT2D eigenvalue weighted by Gasteiger charge is 2.04. The van der Waals surface area contributed by atoms with E-state index in [-0.39, 0.29) is 0 Å². The second-order valence-electron chi connectivity index (χ2n) is 9.40. The molecule has 6 rings (SSSR count). The number of fused-ring (bicyclic) bond motifs is 2. The van der Waals surface area contributed by atoms with Crippen LogP contribution in [0.2, 0.25) is 0 Å². The van der Waals surface area contributed by atoms with Crippen molar-refractivity contribution in [3.05, 3.63) is 93.7 Å². The summed E-state index contributed by atoms with van der Waals surface area (Å²) >= 11 is 1.64. The van der Waals surface area contributed by atoms with E-state index in [9.17, 15) is 4.39 Å². The SMILES string of the molecule is CC(F)c1cccc(C#CCCn2nc3ccccc3n2)n1.Cc1nc(C#CCCn2nc3ccccc3n2)sc1C. The number of aryl methyl sites for hydroxylation is 4. The number of hydrogen-bond donors (Lipinski definition) is 0. The van der Waals surface area contributed by atoms with Crippen molar-refractivity contribution in [1.29, 1.82) is 0 Å². The van der Waals surface area contributed by atoms with E-state index >= 15 is 0 Å².